The van der Waals surface area contributed by atoms with E-state index in [4.69, 9.17) is 23.2 Å². The molecule has 0 bridgehead atoms. The van der Waals surface area contributed by atoms with Crippen LogP contribution in [0.15, 0.2) is 41.7 Å². The molecule has 1 unspecified atom stereocenters. The van der Waals surface area contributed by atoms with Gasteiger partial charge in [-0.1, -0.05) is 67.9 Å². The molecule has 3 rings (SSSR count). The molecule has 36 heavy (non-hydrogen) atoms. The maximum atomic E-state index is 12.7. The predicted molar refractivity (Wildman–Crippen MR) is 142 cm³/mol. The molecule has 0 spiro atoms. The van der Waals surface area contributed by atoms with Gasteiger partial charge in [-0.05, 0) is 38.0 Å². The monoisotopic (exact) mass is 531 g/mol. The number of carbonyl (C=O) groups excluding carboxylic acids is 2. The minimum atomic E-state index is -1.04. The van der Waals surface area contributed by atoms with Crippen LogP contribution in [0, 0.1) is 11.3 Å². The van der Waals surface area contributed by atoms with E-state index in [1.165, 1.54) is 12.4 Å². The smallest absolute Gasteiger partial charge is 0.328 e. The molecule has 192 valence electrons. The zero-order valence-electron chi connectivity index (χ0n) is 20.7. The van der Waals surface area contributed by atoms with Gasteiger partial charge in [0.2, 0.25) is 0 Å². The molecular formula is C27H31Cl2N3O4. The number of carbonyl (C=O) groups is 3. The third kappa shape index (κ3) is 6.31. The molecule has 1 saturated carbocycles. The number of aliphatic imine (C=N–C) groups is 1. The van der Waals surface area contributed by atoms with E-state index < -0.39 is 23.3 Å². The number of hydrogen-bond acceptors (Lipinski definition) is 5. The molecule has 2 aromatic rings. The van der Waals surface area contributed by atoms with Gasteiger partial charge in [0.15, 0.2) is 11.8 Å². The summed E-state index contributed by atoms with van der Waals surface area (Å²) in [4.78, 5) is 45.7. The molecule has 2 atom stereocenters. The Hall–Kier alpha value is -2.77. The molecule has 2 N–H and O–H groups in total. The summed E-state index contributed by atoms with van der Waals surface area (Å²) in [7, 11) is 0. The summed E-state index contributed by atoms with van der Waals surface area (Å²) >= 11 is 12.1. The molecule has 0 saturated heterocycles. The number of rotatable bonds is 11. The maximum Gasteiger partial charge on any atom is 0.328 e. The number of carboxylic acids is 1. The second-order valence-electron chi connectivity index (χ2n) is 9.59. The van der Waals surface area contributed by atoms with Crippen LogP contribution >= 0.6 is 23.2 Å². The molecule has 7 nitrogen and oxygen atoms in total. The highest BCUT2D eigenvalue weighted by atomic mass is 35.5. The summed E-state index contributed by atoms with van der Waals surface area (Å²) in [5.41, 5.74) is 1.33. The molecule has 1 aromatic heterocycles. The van der Waals surface area contributed by atoms with Crippen LogP contribution in [0.25, 0.3) is 0 Å². The van der Waals surface area contributed by atoms with E-state index in [9.17, 15) is 19.5 Å². The number of benzene rings is 1. The van der Waals surface area contributed by atoms with Crippen LogP contribution in [0.4, 0.5) is 5.69 Å². The first-order valence-electron chi connectivity index (χ1n) is 12.1. The molecule has 1 heterocycles. The van der Waals surface area contributed by atoms with Crippen molar-refractivity contribution < 1.29 is 19.5 Å². The Morgan fingerprint density at radius 3 is 2.33 bits per heavy atom. The fourth-order valence-corrected chi connectivity index (χ4v) is 5.00. The van der Waals surface area contributed by atoms with Crippen LogP contribution in [0.3, 0.4) is 0 Å². The lowest BCUT2D eigenvalue weighted by atomic mass is 9.59. The van der Waals surface area contributed by atoms with E-state index in [-0.39, 0.29) is 33.7 Å². The van der Waals surface area contributed by atoms with Crippen molar-refractivity contribution in [1.82, 2.24) is 4.98 Å². The lowest BCUT2D eigenvalue weighted by Crippen LogP contribution is -2.56. The summed E-state index contributed by atoms with van der Waals surface area (Å²) < 4.78 is 0. The van der Waals surface area contributed by atoms with E-state index in [0.717, 1.165) is 31.2 Å². The van der Waals surface area contributed by atoms with E-state index >= 15 is 0 Å². The van der Waals surface area contributed by atoms with Gasteiger partial charge < -0.3 is 10.4 Å². The summed E-state index contributed by atoms with van der Waals surface area (Å²) in [6.07, 6.45) is 7.78. The number of ketones is 1. The lowest BCUT2D eigenvalue weighted by Gasteiger charge is -2.43. The van der Waals surface area contributed by atoms with Crippen molar-refractivity contribution >= 4 is 52.3 Å². The lowest BCUT2D eigenvalue weighted by molar-refractivity contribution is -0.138. The Bertz CT molecular complexity index is 1140. The number of unbranched alkanes of at least 4 members (excludes halogenated alkanes) is 3. The number of aromatic nitrogens is 1. The van der Waals surface area contributed by atoms with Crippen LogP contribution in [-0.2, 0) is 16.0 Å². The number of anilines is 1. The van der Waals surface area contributed by atoms with Gasteiger partial charge in [0.1, 0.15) is 0 Å². The number of pyridine rings is 1. The first kappa shape index (κ1) is 27.8. The van der Waals surface area contributed by atoms with Crippen LogP contribution in [0.5, 0.6) is 0 Å². The fourth-order valence-electron chi connectivity index (χ4n) is 4.46. The largest absolute Gasteiger partial charge is 0.480 e. The quantitative estimate of drug-likeness (QED) is 0.332. The fraction of sp³-hybridized carbons (Fsp3) is 0.444. The van der Waals surface area contributed by atoms with Gasteiger partial charge in [0.25, 0.3) is 5.91 Å². The first-order valence-corrected chi connectivity index (χ1v) is 12.9. The van der Waals surface area contributed by atoms with Crippen molar-refractivity contribution in [3.63, 3.8) is 0 Å². The second-order valence-corrected chi connectivity index (χ2v) is 10.4. The van der Waals surface area contributed by atoms with Crippen LogP contribution in [0.1, 0.15) is 68.8 Å². The maximum absolute atomic E-state index is 12.7. The number of carboxylic acid groups (broad SMARTS) is 1. The van der Waals surface area contributed by atoms with Gasteiger partial charge in [0.05, 0.1) is 26.9 Å². The zero-order valence-corrected chi connectivity index (χ0v) is 22.2. The molecule has 0 aliphatic heterocycles. The number of aliphatic carboxylic acids is 1. The summed E-state index contributed by atoms with van der Waals surface area (Å²) in [6.45, 7) is 5.76. The number of nitrogens with zero attached hydrogens (tertiary/aromatic N) is 2. The van der Waals surface area contributed by atoms with E-state index in [2.05, 4.69) is 22.2 Å². The van der Waals surface area contributed by atoms with Crippen LogP contribution in [-0.4, -0.2) is 39.5 Å². The first-order chi connectivity index (χ1) is 17.1. The number of hydrogen-bond donors (Lipinski definition) is 2. The number of halogens is 2. The molecule has 0 radical (unpaired) electrons. The predicted octanol–water partition coefficient (Wildman–Crippen LogP) is 6.27. The molecule has 1 fully saturated rings. The van der Waals surface area contributed by atoms with E-state index in [1.807, 2.05) is 13.8 Å². The average molecular weight is 532 g/mol. The zero-order chi connectivity index (χ0) is 26.5. The average Bonchev–Trinajstić information content (AvgIpc) is 2.83. The van der Waals surface area contributed by atoms with Crippen molar-refractivity contribution in [2.75, 3.05) is 5.32 Å². The SMILES string of the molecule is CCCCCCC1C(=O)C(C)(C)C1=N[C@@H](Cc1ccc(NC(=O)c2c(Cl)cncc2Cl)cc1)C(=O)O. The van der Waals surface area contributed by atoms with Crippen molar-refractivity contribution in [2.24, 2.45) is 16.3 Å². The van der Waals surface area contributed by atoms with Gasteiger partial charge in [-0.15, -0.1) is 0 Å². The molecule has 1 aromatic carbocycles. The summed E-state index contributed by atoms with van der Waals surface area (Å²) in [6, 6.07) is 5.83. The minimum absolute atomic E-state index is 0.126. The van der Waals surface area contributed by atoms with E-state index in [1.54, 1.807) is 24.3 Å². The van der Waals surface area contributed by atoms with Crippen molar-refractivity contribution in [2.45, 2.75) is 65.3 Å². The van der Waals surface area contributed by atoms with Crippen LogP contribution in [0.2, 0.25) is 10.0 Å². The third-order valence-electron chi connectivity index (χ3n) is 6.55. The van der Waals surface area contributed by atoms with Gasteiger partial charge in [-0.2, -0.15) is 0 Å². The molecule has 1 aliphatic rings. The molecular weight excluding hydrogens is 501 g/mol. The van der Waals surface area contributed by atoms with E-state index in [0.29, 0.717) is 17.8 Å². The van der Waals surface area contributed by atoms with Crippen molar-refractivity contribution in [1.29, 1.82) is 0 Å². The highest BCUT2D eigenvalue weighted by molar-refractivity contribution is 6.40. The number of amides is 1. The Balaban J connectivity index is 1.70. The van der Waals surface area contributed by atoms with Crippen LogP contribution < -0.4 is 5.32 Å². The topological polar surface area (TPSA) is 109 Å². The summed E-state index contributed by atoms with van der Waals surface area (Å²) in [5.74, 6) is -1.67. The minimum Gasteiger partial charge on any atom is -0.480 e. The number of Topliss-reactive ketones (excluding diaryl/α,β-unsaturated/α-hetero) is 1. The van der Waals surface area contributed by atoms with Gasteiger partial charge in [-0.25, -0.2) is 4.79 Å². The Morgan fingerprint density at radius 2 is 1.75 bits per heavy atom. The second kappa shape index (κ2) is 12.0. The molecule has 9 heteroatoms. The molecule has 1 amide bonds. The molecule has 1 aliphatic carbocycles. The highest BCUT2D eigenvalue weighted by Gasteiger charge is 2.52. The van der Waals surface area contributed by atoms with Gasteiger partial charge in [-0.3, -0.25) is 19.6 Å². The Labute approximate surface area is 221 Å². The standard InChI is InChI=1S/C27H31Cl2N3O4/c1-4-5-6-7-8-18-23(27(2,3)24(18)33)32-21(26(35)36)13-16-9-11-17(12-10-16)31-25(34)22-19(28)14-30-15-20(22)29/h9-12,14-15,18,21H,4-8,13H2,1-3H3,(H,31,34)(H,35,36)/t18?,21-/m0/s1. The highest BCUT2D eigenvalue weighted by Crippen LogP contribution is 2.41. The Kier molecular flexibility index (Phi) is 9.25. The third-order valence-corrected chi connectivity index (χ3v) is 7.12. The Morgan fingerprint density at radius 1 is 1.11 bits per heavy atom. The van der Waals surface area contributed by atoms with Gasteiger partial charge in [0, 0.05) is 30.2 Å². The summed E-state index contributed by atoms with van der Waals surface area (Å²) in [5, 5.41) is 12.9. The van der Waals surface area contributed by atoms with Gasteiger partial charge >= 0.3 is 5.97 Å². The number of nitrogens with one attached hydrogen (secondary N) is 1. The van der Waals surface area contributed by atoms with Crippen molar-refractivity contribution in [3.8, 4) is 0 Å². The normalized spacial score (nSPS) is 18.5. The van der Waals surface area contributed by atoms with Crippen molar-refractivity contribution in [3.05, 3.63) is 57.8 Å².